The molecule has 132 valence electrons. The Morgan fingerprint density at radius 2 is 1.52 bits per heavy atom. The molecule has 3 N–H and O–H groups in total. The van der Waals surface area contributed by atoms with Crippen LogP contribution in [0.5, 0.6) is 0 Å². The topological polar surface area (TPSA) is 90.5 Å². The SMILES string of the molecule is N=C(N)c1ccc(N2CCN(S(=O)(=O)c3ccc(Cl)cc3)CC2)cc1. The minimum atomic E-state index is -3.50. The van der Waals surface area contributed by atoms with Crippen LogP contribution in [0.4, 0.5) is 5.69 Å². The fourth-order valence-electron chi connectivity index (χ4n) is 2.79. The van der Waals surface area contributed by atoms with E-state index in [2.05, 4.69) is 4.90 Å². The molecular weight excluding hydrogens is 360 g/mol. The number of hydrogen-bond donors (Lipinski definition) is 2. The van der Waals surface area contributed by atoms with Crippen molar-refractivity contribution in [3.63, 3.8) is 0 Å². The Morgan fingerprint density at radius 3 is 2.04 bits per heavy atom. The van der Waals surface area contributed by atoms with E-state index in [0.29, 0.717) is 36.8 Å². The average molecular weight is 379 g/mol. The molecule has 0 aromatic heterocycles. The van der Waals surface area contributed by atoms with Gasteiger partial charge in [0.2, 0.25) is 10.0 Å². The highest BCUT2D eigenvalue weighted by molar-refractivity contribution is 7.89. The van der Waals surface area contributed by atoms with E-state index in [0.717, 1.165) is 5.69 Å². The number of hydrogen-bond acceptors (Lipinski definition) is 4. The quantitative estimate of drug-likeness (QED) is 0.630. The van der Waals surface area contributed by atoms with Gasteiger partial charge in [-0.3, -0.25) is 5.41 Å². The van der Waals surface area contributed by atoms with E-state index < -0.39 is 10.0 Å². The number of piperazine rings is 1. The number of halogens is 1. The van der Waals surface area contributed by atoms with Crippen LogP contribution in [-0.2, 0) is 10.0 Å². The first-order valence-corrected chi connectivity index (χ1v) is 9.65. The van der Waals surface area contributed by atoms with Crippen LogP contribution in [0.3, 0.4) is 0 Å². The van der Waals surface area contributed by atoms with E-state index in [1.54, 1.807) is 24.3 Å². The van der Waals surface area contributed by atoms with Crippen molar-refractivity contribution >= 4 is 33.1 Å². The van der Waals surface area contributed by atoms with Crippen molar-refractivity contribution < 1.29 is 8.42 Å². The minimum Gasteiger partial charge on any atom is -0.384 e. The fraction of sp³-hybridized carbons (Fsp3) is 0.235. The van der Waals surface area contributed by atoms with Gasteiger partial charge in [0.05, 0.1) is 4.90 Å². The zero-order valence-electron chi connectivity index (χ0n) is 13.5. The van der Waals surface area contributed by atoms with E-state index in [1.807, 2.05) is 12.1 Å². The second-order valence-corrected chi connectivity index (χ2v) is 8.18. The van der Waals surface area contributed by atoms with Crippen molar-refractivity contribution in [3.8, 4) is 0 Å². The summed E-state index contributed by atoms with van der Waals surface area (Å²) in [6.07, 6.45) is 0. The Balaban J connectivity index is 1.69. The molecule has 0 bridgehead atoms. The van der Waals surface area contributed by atoms with Crippen molar-refractivity contribution in [2.75, 3.05) is 31.1 Å². The van der Waals surface area contributed by atoms with Crippen molar-refractivity contribution in [1.82, 2.24) is 4.31 Å². The second kappa shape index (κ2) is 7.03. The molecule has 1 aliphatic heterocycles. The zero-order valence-corrected chi connectivity index (χ0v) is 15.1. The first-order chi connectivity index (χ1) is 11.9. The predicted molar refractivity (Wildman–Crippen MR) is 99.9 cm³/mol. The van der Waals surface area contributed by atoms with Gasteiger partial charge in [0.15, 0.2) is 0 Å². The van der Waals surface area contributed by atoms with E-state index in [4.69, 9.17) is 22.7 Å². The Kier molecular flexibility index (Phi) is 4.99. The van der Waals surface area contributed by atoms with Gasteiger partial charge in [0.25, 0.3) is 0 Å². The number of anilines is 1. The summed E-state index contributed by atoms with van der Waals surface area (Å²) in [4.78, 5) is 2.38. The molecule has 8 heteroatoms. The van der Waals surface area contributed by atoms with Gasteiger partial charge in [-0.15, -0.1) is 0 Å². The molecule has 0 aliphatic carbocycles. The molecular formula is C17H19ClN4O2S. The molecule has 0 unspecified atom stereocenters. The standard InChI is InChI=1S/C17H19ClN4O2S/c18-14-3-7-16(8-4-14)25(23,24)22-11-9-21(10-12-22)15-5-1-13(2-6-15)17(19)20/h1-8H,9-12H2,(H3,19,20). The number of rotatable bonds is 4. The molecule has 2 aromatic carbocycles. The maximum absolute atomic E-state index is 12.7. The van der Waals surface area contributed by atoms with Gasteiger partial charge in [0, 0.05) is 42.5 Å². The Morgan fingerprint density at radius 1 is 0.960 bits per heavy atom. The number of sulfonamides is 1. The number of nitrogen functional groups attached to an aromatic ring is 1. The first-order valence-electron chi connectivity index (χ1n) is 7.83. The molecule has 3 rings (SSSR count). The van der Waals surface area contributed by atoms with Gasteiger partial charge < -0.3 is 10.6 Å². The van der Waals surface area contributed by atoms with Crippen molar-refractivity contribution in [2.24, 2.45) is 5.73 Å². The number of nitrogens with zero attached hydrogens (tertiary/aromatic N) is 2. The third kappa shape index (κ3) is 3.78. The van der Waals surface area contributed by atoms with Crippen molar-refractivity contribution in [1.29, 1.82) is 5.41 Å². The molecule has 6 nitrogen and oxygen atoms in total. The number of nitrogens with two attached hydrogens (primary N) is 1. The molecule has 25 heavy (non-hydrogen) atoms. The van der Waals surface area contributed by atoms with Crippen LogP contribution in [0, 0.1) is 5.41 Å². The summed E-state index contributed by atoms with van der Waals surface area (Å²) in [5.74, 6) is 0.0328. The molecule has 0 radical (unpaired) electrons. The Labute approximate surface area is 152 Å². The van der Waals surface area contributed by atoms with Crippen LogP contribution < -0.4 is 10.6 Å². The highest BCUT2D eigenvalue weighted by atomic mass is 35.5. The van der Waals surface area contributed by atoms with Crippen LogP contribution in [0.2, 0.25) is 5.02 Å². The van der Waals surface area contributed by atoms with Gasteiger partial charge in [-0.25, -0.2) is 8.42 Å². The lowest BCUT2D eigenvalue weighted by Gasteiger charge is -2.35. The lowest BCUT2D eigenvalue weighted by molar-refractivity contribution is 0.385. The van der Waals surface area contributed by atoms with Crippen LogP contribution in [0.25, 0.3) is 0 Å². The largest absolute Gasteiger partial charge is 0.384 e. The van der Waals surface area contributed by atoms with E-state index in [-0.39, 0.29) is 10.7 Å². The van der Waals surface area contributed by atoms with Crippen molar-refractivity contribution in [3.05, 3.63) is 59.1 Å². The average Bonchev–Trinajstić information content (AvgIpc) is 2.62. The maximum Gasteiger partial charge on any atom is 0.243 e. The van der Waals surface area contributed by atoms with Crippen LogP contribution in [0.1, 0.15) is 5.56 Å². The monoisotopic (exact) mass is 378 g/mol. The molecule has 1 saturated heterocycles. The first kappa shape index (κ1) is 17.7. The smallest absolute Gasteiger partial charge is 0.243 e. The fourth-order valence-corrected chi connectivity index (χ4v) is 4.34. The summed E-state index contributed by atoms with van der Waals surface area (Å²) in [5, 5.41) is 7.93. The summed E-state index contributed by atoms with van der Waals surface area (Å²) in [7, 11) is -3.50. The molecule has 0 spiro atoms. The highest BCUT2D eigenvalue weighted by Gasteiger charge is 2.28. The minimum absolute atomic E-state index is 0.0328. The second-order valence-electron chi connectivity index (χ2n) is 5.81. The van der Waals surface area contributed by atoms with Gasteiger partial charge in [-0.1, -0.05) is 11.6 Å². The lowest BCUT2D eigenvalue weighted by atomic mass is 10.1. The van der Waals surface area contributed by atoms with Gasteiger partial charge in [-0.05, 0) is 48.5 Å². The molecule has 0 atom stereocenters. The lowest BCUT2D eigenvalue weighted by Crippen LogP contribution is -2.48. The van der Waals surface area contributed by atoms with Crippen LogP contribution in [0.15, 0.2) is 53.4 Å². The zero-order chi connectivity index (χ0) is 18.0. The normalized spacial score (nSPS) is 16.0. The van der Waals surface area contributed by atoms with Gasteiger partial charge >= 0.3 is 0 Å². The summed E-state index contributed by atoms with van der Waals surface area (Å²) >= 11 is 5.83. The van der Waals surface area contributed by atoms with Crippen molar-refractivity contribution in [2.45, 2.75) is 4.90 Å². The highest BCUT2D eigenvalue weighted by Crippen LogP contribution is 2.22. The molecule has 0 amide bonds. The third-order valence-electron chi connectivity index (χ3n) is 4.23. The van der Waals surface area contributed by atoms with E-state index >= 15 is 0 Å². The maximum atomic E-state index is 12.7. The van der Waals surface area contributed by atoms with Crippen LogP contribution in [-0.4, -0.2) is 44.7 Å². The molecule has 0 saturated carbocycles. The number of benzene rings is 2. The Bertz CT molecular complexity index is 859. The summed E-state index contributed by atoms with van der Waals surface area (Å²) in [6, 6.07) is 13.6. The van der Waals surface area contributed by atoms with Gasteiger partial charge in [0.1, 0.15) is 5.84 Å². The summed E-state index contributed by atoms with van der Waals surface area (Å²) < 4.78 is 26.9. The van der Waals surface area contributed by atoms with Gasteiger partial charge in [-0.2, -0.15) is 4.31 Å². The third-order valence-corrected chi connectivity index (χ3v) is 6.40. The molecule has 1 fully saturated rings. The van der Waals surface area contributed by atoms with E-state index in [9.17, 15) is 8.42 Å². The summed E-state index contributed by atoms with van der Waals surface area (Å²) in [5.41, 5.74) is 7.13. The molecule has 1 aliphatic rings. The molecule has 2 aromatic rings. The number of amidine groups is 1. The summed E-state index contributed by atoms with van der Waals surface area (Å²) in [6.45, 7) is 2.04. The predicted octanol–water partition coefficient (Wildman–Crippen LogP) is 2.13. The molecule has 1 heterocycles. The van der Waals surface area contributed by atoms with Crippen LogP contribution >= 0.6 is 11.6 Å². The Hall–Kier alpha value is -2.09. The van der Waals surface area contributed by atoms with E-state index in [1.165, 1.54) is 16.4 Å². The number of nitrogens with one attached hydrogen (secondary N) is 1.